The molecule has 0 saturated carbocycles. The van der Waals surface area contributed by atoms with Crippen LogP contribution in [-0.4, -0.2) is 25.8 Å². The van der Waals surface area contributed by atoms with E-state index in [0.29, 0.717) is 20.4 Å². The highest BCUT2D eigenvalue weighted by Gasteiger charge is 2.11. The monoisotopic (exact) mass is 490 g/mol. The van der Waals surface area contributed by atoms with Crippen LogP contribution in [0.4, 0.5) is 0 Å². The van der Waals surface area contributed by atoms with Crippen LogP contribution in [0.2, 0.25) is 0 Å². The number of ether oxygens (including phenoxy) is 2. The van der Waals surface area contributed by atoms with Gasteiger partial charge in [0.25, 0.3) is 5.91 Å². The van der Waals surface area contributed by atoms with Crippen LogP contribution < -0.4 is 14.9 Å². The normalized spacial score (nSPS) is 10.9. The topological polar surface area (TPSA) is 59.9 Å². The maximum Gasteiger partial charge on any atom is 0.277 e. The number of carbonyl (C=O) groups excluding carboxylic acids is 1. The van der Waals surface area contributed by atoms with Crippen molar-refractivity contribution in [1.29, 1.82) is 0 Å². The molecule has 1 amide bonds. The number of fused-ring (bicyclic) bond motifs is 1. The average molecular weight is 492 g/mol. The largest absolute Gasteiger partial charge is 0.497 e. The molecule has 0 aromatic heterocycles. The van der Waals surface area contributed by atoms with Crippen molar-refractivity contribution in [1.82, 2.24) is 5.43 Å². The lowest BCUT2D eigenvalue weighted by molar-refractivity contribution is -0.123. The van der Waals surface area contributed by atoms with E-state index in [4.69, 9.17) is 9.47 Å². The van der Waals surface area contributed by atoms with Crippen LogP contribution in [0.3, 0.4) is 0 Å². The van der Waals surface area contributed by atoms with Crippen LogP contribution in [0.25, 0.3) is 10.8 Å². The van der Waals surface area contributed by atoms with Gasteiger partial charge in [0.05, 0.1) is 22.3 Å². The van der Waals surface area contributed by atoms with Crippen molar-refractivity contribution in [2.75, 3.05) is 13.7 Å². The van der Waals surface area contributed by atoms with E-state index in [0.717, 1.165) is 16.3 Å². The van der Waals surface area contributed by atoms with Gasteiger partial charge in [-0.25, -0.2) is 5.43 Å². The molecule has 0 bridgehead atoms. The van der Waals surface area contributed by atoms with Gasteiger partial charge in [0.15, 0.2) is 6.61 Å². The predicted octanol–water partition coefficient (Wildman–Crippen LogP) is 4.90. The second kappa shape index (κ2) is 9.01. The summed E-state index contributed by atoms with van der Waals surface area (Å²) in [6, 6.07) is 17.4. The Bertz CT molecular complexity index is 977. The van der Waals surface area contributed by atoms with Gasteiger partial charge in [-0.15, -0.1) is 0 Å². The molecule has 3 rings (SSSR count). The summed E-state index contributed by atoms with van der Waals surface area (Å²) >= 11 is 6.80. The number of amides is 1. The zero-order valence-electron chi connectivity index (χ0n) is 14.4. The Labute approximate surface area is 173 Å². The van der Waals surface area contributed by atoms with Gasteiger partial charge in [-0.2, -0.15) is 5.10 Å². The van der Waals surface area contributed by atoms with E-state index in [1.165, 1.54) is 0 Å². The van der Waals surface area contributed by atoms with Crippen LogP contribution in [0.5, 0.6) is 11.5 Å². The first-order chi connectivity index (χ1) is 13.1. The number of hydrogen-bond acceptors (Lipinski definition) is 4. The second-order valence-corrected chi connectivity index (χ2v) is 7.28. The molecule has 1 N–H and O–H groups in total. The maximum absolute atomic E-state index is 12.0. The van der Waals surface area contributed by atoms with E-state index < -0.39 is 0 Å². The third kappa shape index (κ3) is 4.87. The fourth-order valence-corrected chi connectivity index (χ4v) is 3.87. The Morgan fingerprint density at radius 2 is 1.81 bits per heavy atom. The lowest BCUT2D eigenvalue weighted by Gasteiger charge is -2.11. The van der Waals surface area contributed by atoms with Crippen LogP contribution in [0, 0.1) is 0 Å². The molecule has 0 aliphatic carbocycles. The Morgan fingerprint density at radius 3 is 2.56 bits per heavy atom. The predicted molar refractivity (Wildman–Crippen MR) is 114 cm³/mol. The summed E-state index contributed by atoms with van der Waals surface area (Å²) in [5, 5.41) is 6.21. The van der Waals surface area contributed by atoms with Gasteiger partial charge < -0.3 is 9.47 Å². The van der Waals surface area contributed by atoms with Gasteiger partial charge in [-0.1, -0.05) is 42.5 Å². The second-order valence-electron chi connectivity index (χ2n) is 5.57. The minimum atomic E-state index is -0.360. The lowest BCUT2D eigenvalue weighted by Crippen LogP contribution is -2.24. The summed E-state index contributed by atoms with van der Waals surface area (Å²) in [4.78, 5) is 12.0. The highest BCUT2D eigenvalue weighted by molar-refractivity contribution is 9.11. The van der Waals surface area contributed by atoms with Gasteiger partial charge in [0, 0.05) is 5.56 Å². The van der Waals surface area contributed by atoms with Gasteiger partial charge in [-0.05, 0) is 54.8 Å². The first kappa shape index (κ1) is 19.4. The van der Waals surface area contributed by atoms with Gasteiger partial charge in [0.1, 0.15) is 11.5 Å². The van der Waals surface area contributed by atoms with E-state index in [1.54, 1.807) is 25.5 Å². The Morgan fingerprint density at radius 1 is 1.11 bits per heavy atom. The number of nitrogens with one attached hydrogen (secondary N) is 1. The summed E-state index contributed by atoms with van der Waals surface area (Å²) < 4.78 is 12.1. The molecule has 138 valence electrons. The Balaban J connectivity index is 1.61. The molecule has 7 heteroatoms. The fourth-order valence-electron chi connectivity index (χ4n) is 2.50. The summed E-state index contributed by atoms with van der Waals surface area (Å²) in [6.45, 7) is -0.170. The number of hydrogen-bond donors (Lipinski definition) is 1. The van der Waals surface area contributed by atoms with Crippen LogP contribution in [0.1, 0.15) is 5.56 Å². The molecular weight excluding hydrogens is 476 g/mol. The van der Waals surface area contributed by atoms with E-state index in [-0.39, 0.29) is 12.5 Å². The lowest BCUT2D eigenvalue weighted by atomic mass is 10.1. The summed E-state index contributed by atoms with van der Waals surface area (Å²) in [5.41, 5.74) is 3.40. The molecule has 3 aromatic rings. The Kier molecular flexibility index (Phi) is 6.47. The van der Waals surface area contributed by atoms with E-state index in [2.05, 4.69) is 42.4 Å². The molecule has 0 aliphatic rings. The quantitative estimate of drug-likeness (QED) is 0.394. The van der Waals surface area contributed by atoms with Crippen LogP contribution in [-0.2, 0) is 4.79 Å². The van der Waals surface area contributed by atoms with Crippen molar-refractivity contribution in [3.8, 4) is 11.5 Å². The summed E-state index contributed by atoms with van der Waals surface area (Å²) in [5.74, 6) is 0.829. The third-order valence-electron chi connectivity index (χ3n) is 3.77. The molecule has 0 heterocycles. The molecule has 27 heavy (non-hydrogen) atoms. The van der Waals surface area contributed by atoms with Crippen molar-refractivity contribution in [3.05, 3.63) is 69.1 Å². The van der Waals surface area contributed by atoms with Crippen molar-refractivity contribution in [2.45, 2.75) is 0 Å². The molecule has 0 fully saturated rings. The minimum absolute atomic E-state index is 0.170. The number of hydrazone groups is 1. The van der Waals surface area contributed by atoms with Gasteiger partial charge in [-0.3, -0.25) is 4.79 Å². The van der Waals surface area contributed by atoms with Gasteiger partial charge >= 0.3 is 0 Å². The molecule has 0 radical (unpaired) electrons. The van der Waals surface area contributed by atoms with Crippen molar-refractivity contribution in [3.63, 3.8) is 0 Å². The number of rotatable bonds is 6. The summed E-state index contributed by atoms with van der Waals surface area (Å²) in [7, 11) is 1.58. The SMILES string of the molecule is COc1cc(Br)c(OCC(=O)N/N=C/c2cccc3ccccc23)c(Br)c1. The van der Waals surface area contributed by atoms with E-state index in [9.17, 15) is 4.79 Å². The molecule has 0 saturated heterocycles. The zero-order valence-corrected chi connectivity index (χ0v) is 17.6. The third-order valence-corrected chi connectivity index (χ3v) is 4.95. The van der Waals surface area contributed by atoms with Crippen LogP contribution in [0.15, 0.2) is 68.6 Å². The van der Waals surface area contributed by atoms with Crippen LogP contribution >= 0.6 is 31.9 Å². The molecule has 0 aliphatic heterocycles. The first-order valence-electron chi connectivity index (χ1n) is 8.04. The number of halogens is 2. The smallest absolute Gasteiger partial charge is 0.277 e. The number of benzene rings is 3. The molecular formula is C20H16Br2N2O3. The number of methoxy groups -OCH3 is 1. The fraction of sp³-hybridized carbons (Fsp3) is 0.100. The zero-order chi connectivity index (χ0) is 19.2. The van der Waals surface area contributed by atoms with E-state index in [1.807, 2.05) is 42.5 Å². The summed E-state index contributed by atoms with van der Waals surface area (Å²) in [6.07, 6.45) is 1.62. The molecule has 0 unspecified atom stereocenters. The van der Waals surface area contributed by atoms with Crippen molar-refractivity contribution in [2.24, 2.45) is 5.10 Å². The number of carbonyl (C=O) groups is 1. The molecule has 3 aromatic carbocycles. The van der Waals surface area contributed by atoms with E-state index >= 15 is 0 Å². The average Bonchev–Trinajstić information content (AvgIpc) is 2.67. The minimum Gasteiger partial charge on any atom is -0.497 e. The molecule has 0 spiro atoms. The first-order valence-corrected chi connectivity index (χ1v) is 9.62. The highest BCUT2D eigenvalue weighted by Crippen LogP contribution is 2.37. The van der Waals surface area contributed by atoms with Crippen molar-refractivity contribution < 1.29 is 14.3 Å². The number of nitrogens with zero attached hydrogens (tertiary/aromatic N) is 1. The maximum atomic E-state index is 12.0. The standard InChI is InChI=1S/C20H16Br2N2O3/c1-26-15-9-17(21)20(18(22)10-15)27-12-19(25)24-23-11-14-7-4-6-13-5-2-3-8-16(13)14/h2-11H,12H2,1H3,(H,24,25)/b23-11+. The Hall–Kier alpha value is -2.38. The molecule has 5 nitrogen and oxygen atoms in total. The van der Waals surface area contributed by atoms with Gasteiger partial charge in [0.2, 0.25) is 0 Å². The van der Waals surface area contributed by atoms with Crippen molar-refractivity contribution >= 4 is 54.8 Å². The molecule has 0 atom stereocenters. The highest BCUT2D eigenvalue weighted by atomic mass is 79.9.